The molecule has 0 unspecified atom stereocenters. The molecule has 0 saturated carbocycles. The summed E-state index contributed by atoms with van der Waals surface area (Å²) in [5, 5.41) is 11.2. The fourth-order valence-electron chi connectivity index (χ4n) is 2.10. The van der Waals surface area contributed by atoms with E-state index >= 15 is 0 Å². The van der Waals surface area contributed by atoms with Crippen molar-refractivity contribution in [2.45, 2.75) is 19.8 Å². The lowest BCUT2D eigenvalue weighted by Crippen LogP contribution is -2.33. The highest BCUT2D eigenvalue weighted by molar-refractivity contribution is 5.75. The van der Waals surface area contributed by atoms with Crippen molar-refractivity contribution in [1.82, 2.24) is 9.55 Å². The van der Waals surface area contributed by atoms with Gasteiger partial charge in [0, 0.05) is 25.1 Å². The normalized spacial score (nSPS) is 10.3. The van der Waals surface area contributed by atoms with E-state index in [1.165, 1.54) is 5.56 Å². The fourth-order valence-corrected chi connectivity index (χ4v) is 2.10. The van der Waals surface area contributed by atoms with Gasteiger partial charge >= 0.3 is 6.03 Å². The summed E-state index contributed by atoms with van der Waals surface area (Å²) in [5.41, 5.74) is 8.06. The second-order valence-corrected chi connectivity index (χ2v) is 4.87. The van der Waals surface area contributed by atoms with Crippen molar-refractivity contribution < 1.29 is 4.79 Å². The molecule has 0 bridgehead atoms. The quantitative estimate of drug-likeness (QED) is 0.728. The maximum Gasteiger partial charge on any atom is 0.324 e. The van der Waals surface area contributed by atoms with Crippen LogP contribution in [-0.4, -0.2) is 22.1 Å². The molecule has 0 aliphatic rings. The van der Waals surface area contributed by atoms with E-state index < -0.39 is 6.03 Å². The zero-order valence-electron chi connectivity index (χ0n) is 12.0. The van der Waals surface area contributed by atoms with Gasteiger partial charge in [-0.2, -0.15) is 0 Å². The third kappa shape index (κ3) is 3.92. The molecule has 6 nitrogen and oxygen atoms in total. The largest absolute Gasteiger partial charge is 0.382 e. The number of aryl methyl sites for hydroxylation is 2. The van der Waals surface area contributed by atoms with E-state index in [1.807, 2.05) is 25.1 Å². The highest BCUT2D eigenvalue weighted by Gasteiger charge is 2.05. The molecule has 0 saturated heterocycles. The molecule has 0 aromatic carbocycles. The first-order chi connectivity index (χ1) is 10.1. The van der Waals surface area contributed by atoms with Crippen LogP contribution in [0.15, 0.2) is 36.8 Å². The number of nitrogens with two attached hydrogens (primary N) is 1. The van der Waals surface area contributed by atoms with E-state index in [0.717, 1.165) is 29.5 Å². The van der Waals surface area contributed by atoms with Gasteiger partial charge in [0.1, 0.15) is 0 Å². The summed E-state index contributed by atoms with van der Waals surface area (Å²) in [6, 6.07) is 5.17. The smallest absolute Gasteiger partial charge is 0.324 e. The number of carbonyl (C=O) groups is 1. The van der Waals surface area contributed by atoms with E-state index in [4.69, 9.17) is 11.1 Å². The second kappa shape index (κ2) is 6.69. The van der Waals surface area contributed by atoms with Crippen LogP contribution in [0.25, 0.3) is 0 Å². The van der Waals surface area contributed by atoms with Crippen LogP contribution in [0.1, 0.15) is 17.5 Å². The molecule has 4 N–H and O–H groups in total. The topological polar surface area (TPSA) is 96.8 Å². The number of primary amides is 1. The van der Waals surface area contributed by atoms with Crippen LogP contribution in [0.2, 0.25) is 0 Å². The number of nitrogens with one attached hydrogen (secondary N) is 2. The van der Waals surface area contributed by atoms with Crippen molar-refractivity contribution in [2.75, 3.05) is 11.9 Å². The molecule has 21 heavy (non-hydrogen) atoms. The number of amides is 1. The molecule has 0 aliphatic heterocycles. The lowest BCUT2D eigenvalue weighted by molar-refractivity contribution is 0.249. The molecule has 2 aromatic heterocycles. The predicted octanol–water partition coefficient (Wildman–Crippen LogP) is 1.64. The van der Waals surface area contributed by atoms with Crippen LogP contribution < -0.4 is 16.5 Å². The van der Waals surface area contributed by atoms with Crippen molar-refractivity contribution in [2.24, 2.45) is 5.73 Å². The minimum atomic E-state index is -0.650. The van der Waals surface area contributed by atoms with Gasteiger partial charge in [-0.3, -0.25) is 15.0 Å². The number of hydrogen-bond donors (Lipinski definition) is 3. The molecule has 0 aliphatic carbocycles. The summed E-state index contributed by atoms with van der Waals surface area (Å²) in [7, 11) is 0. The van der Waals surface area contributed by atoms with Crippen LogP contribution in [0.5, 0.6) is 0 Å². The van der Waals surface area contributed by atoms with Gasteiger partial charge in [0.25, 0.3) is 0 Å². The maximum absolute atomic E-state index is 11.3. The van der Waals surface area contributed by atoms with Crippen molar-refractivity contribution in [3.05, 3.63) is 53.4 Å². The molecule has 0 spiro atoms. The monoisotopic (exact) mass is 285 g/mol. The SMILES string of the molecule is Cc1cc(NCCCc2ccncc2)c(=N)n(C(N)=O)c1. The van der Waals surface area contributed by atoms with Gasteiger partial charge in [0.2, 0.25) is 0 Å². The predicted molar refractivity (Wildman–Crippen MR) is 81.1 cm³/mol. The zero-order chi connectivity index (χ0) is 15.2. The molecular weight excluding hydrogens is 266 g/mol. The Morgan fingerprint density at radius 2 is 2.14 bits per heavy atom. The highest BCUT2D eigenvalue weighted by Crippen LogP contribution is 2.05. The Kier molecular flexibility index (Phi) is 4.71. The molecule has 2 rings (SSSR count). The van der Waals surface area contributed by atoms with Gasteiger partial charge in [0.05, 0.1) is 5.69 Å². The first-order valence-corrected chi connectivity index (χ1v) is 6.78. The number of nitrogens with zero attached hydrogens (tertiary/aromatic N) is 2. The standard InChI is InChI=1S/C15H19N5O/c1-11-9-13(14(16)20(10-11)15(17)21)19-6-2-3-12-4-7-18-8-5-12/h4-5,7-10,16,19H,2-3,6H2,1H3,(H2,17,21). The molecule has 1 amide bonds. The van der Waals surface area contributed by atoms with Crippen molar-refractivity contribution in [3.63, 3.8) is 0 Å². The summed E-state index contributed by atoms with van der Waals surface area (Å²) in [4.78, 5) is 15.3. The highest BCUT2D eigenvalue weighted by atomic mass is 16.2. The third-order valence-corrected chi connectivity index (χ3v) is 3.15. The molecule has 2 heterocycles. The van der Waals surface area contributed by atoms with E-state index in [-0.39, 0.29) is 5.49 Å². The number of aromatic nitrogens is 2. The van der Waals surface area contributed by atoms with Gasteiger partial charge < -0.3 is 11.1 Å². The zero-order valence-corrected chi connectivity index (χ0v) is 12.0. The van der Waals surface area contributed by atoms with Crippen molar-refractivity contribution >= 4 is 11.7 Å². The Balaban J connectivity index is 1.97. The summed E-state index contributed by atoms with van der Waals surface area (Å²) >= 11 is 0. The number of pyridine rings is 2. The average Bonchev–Trinajstić information content (AvgIpc) is 2.47. The number of rotatable bonds is 5. The van der Waals surface area contributed by atoms with Gasteiger partial charge in [-0.15, -0.1) is 0 Å². The fraction of sp³-hybridized carbons (Fsp3) is 0.267. The second-order valence-electron chi connectivity index (χ2n) is 4.87. The van der Waals surface area contributed by atoms with Crippen LogP contribution >= 0.6 is 0 Å². The van der Waals surface area contributed by atoms with Gasteiger partial charge in [-0.25, -0.2) is 4.79 Å². The number of hydrogen-bond acceptors (Lipinski definition) is 4. The molecular formula is C15H19N5O. The Hall–Kier alpha value is -2.63. The maximum atomic E-state index is 11.3. The number of carbonyl (C=O) groups excluding carboxylic acids is 1. The number of anilines is 1. The molecule has 6 heteroatoms. The average molecular weight is 285 g/mol. The minimum absolute atomic E-state index is 0.0806. The Labute approximate surface area is 123 Å². The third-order valence-electron chi connectivity index (χ3n) is 3.15. The lowest BCUT2D eigenvalue weighted by atomic mass is 10.1. The molecule has 0 atom stereocenters. The lowest BCUT2D eigenvalue weighted by Gasteiger charge is -2.11. The van der Waals surface area contributed by atoms with E-state index in [9.17, 15) is 4.79 Å². The molecule has 0 fully saturated rings. The van der Waals surface area contributed by atoms with Gasteiger partial charge in [-0.05, 0) is 49.1 Å². The van der Waals surface area contributed by atoms with E-state index in [1.54, 1.807) is 18.6 Å². The van der Waals surface area contributed by atoms with E-state index in [0.29, 0.717) is 5.69 Å². The summed E-state index contributed by atoms with van der Waals surface area (Å²) in [6.07, 6.45) is 6.98. The van der Waals surface area contributed by atoms with Crippen molar-refractivity contribution in [3.8, 4) is 0 Å². The van der Waals surface area contributed by atoms with E-state index in [2.05, 4.69) is 10.3 Å². The first kappa shape index (κ1) is 14.8. The van der Waals surface area contributed by atoms with Crippen LogP contribution in [0.4, 0.5) is 10.5 Å². The van der Waals surface area contributed by atoms with Crippen molar-refractivity contribution in [1.29, 1.82) is 5.41 Å². The minimum Gasteiger partial charge on any atom is -0.382 e. The van der Waals surface area contributed by atoms with Crippen LogP contribution in [0, 0.1) is 12.3 Å². The van der Waals surface area contributed by atoms with Gasteiger partial charge in [0.15, 0.2) is 5.49 Å². The Morgan fingerprint density at radius 3 is 2.81 bits per heavy atom. The Morgan fingerprint density at radius 1 is 1.43 bits per heavy atom. The summed E-state index contributed by atoms with van der Waals surface area (Å²) in [5.74, 6) is 0. The first-order valence-electron chi connectivity index (χ1n) is 6.78. The Bertz CT molecular complexity index is 678. The molecule has 0 radical (unpaired) electrons. The van der Waals surface area contributed by atoms with Gasteiger partial charge in [-0.1, -0.05) is 0 Å². The summed E-state index contributed by atoms with van der Waals surface area (Å²) < 4.78 is 1.14. The summed E-state index contributed by atoms with van der Waals surface area (Å²) in [6.45, 7) is 2.58. The molecule has 110 valence electrons. The van der Waals surface area contributed by atoms with Crippen LogP contribution in [-0.2, 0) is 6.42 Å². The molecule has 2 aromatic rings. The van der Waals surface area contributed by atoms with Crippen LogP contribution in [0.3, 0.4) is 0 Å².